The van der Waals surface area contributed by atoms with Crippen molar-refractivity contribution in [1.82, 2.24) is 5.32 Å². The molecule has 0 unspecified atom stereocenters. The Morgan fingerprint density at radius 2 is 1.80 bits per heavy atom. The average Bonchev–Trinajstić information content (AvgIpc) is 2.49. The van der Waals surface area contributed by atoms with Crippen LogP contribution in [0.2, 0.25) is 0 Å². The molecule has 0 fully saturated rings. The number of amidine groups is 1. The number of pyridine rings is 1. The first-order valence-electron chi connectivity index (χ1n) is 6.34. The minimum atomic E-state index is -0.522. The van der Waals surface area contributed by atoms with Gasteiger partial charge in [-0.25, -0.2) is 4.79 Å². The minimum Gasteiger partial charge on any atom is -0.450 e. The summed E-state index contributed by atoms with van der Waals surface area (Å²) in [6.07, 6.45) is 3.05. The van der Waals surface area contributed by atoms with Gasteiger partial charge in [-0.15, -0.1) is 0 Å². The molecular weight excluding hydrogens is 254 g/mol. The molecule has 2 rings (SSSR count). The summed E-state index contributed by atoms with van der Waals surface area (Å²) in [5, 5.41) is 7.02. The van der Waals surface area contributed by atoms with Gasteiger partial charge >= 0.3 is 6.09 Å². The molecule has 0 spiro atoms. The van der Waals surface area contributed by atoms with Gasteiger partial charge in [0.2, 0.25) is 18.2 Å². The van der Waals surface area contributed by atoms with Crippen molar-refractivity contribution in [2.75, 3.05) is 6.61 Å². The van der Waals surface area contributed by atoms with E-state index in [-0.39, 0.29) is 0 Å². The van der Waals surface area contributed by atoms with Crippen molar-refractivity contribution in [2.45, 2.75) is 6.92 Å². The van der Waals surface area contributed by atoms with Gasteiger partial charge in [-0.3, -0.25) is 5.32 Å². The molecule has 0 aliphatic rings. The molecule has 0 aliphatic heterocycles. The predicted molar refractivity (Wildman–Crippen MR) is 75.2 cm³/mol. The maximum Gasteiger partial charge on any atom is 0.412 e. The van der Waals surface area contributed by atoms with E-state index in [4.69, 9.17) is 4.74 Å². The van der Waals surface area contributed by atoms with E-state index in [0.29, 0.717) is 12.4 Å². The second kappa shape index (κ2) is 7.04. The van der Waals surface area contributed by atoms with E-state index in [2.05, 4.69) is 10.4 Å². The number of nitrogens with zero attached hydrogens (tertiary/aromatic N) is 2. The number of hydrogen-bond acceptors (Lipinski definition) is 3. The van der Waals surface area contributed by atoms with E-state index in [9.17, 15) is 4.79 Å². The van der Waals surface area contributed by atoms with Crippen molar-refractivity contribution < 1.29 is 14.2 Å². The monoisotopic (exact) mass is 270 g/mol. The van der Waals surface area contributed by atoms with Crippen LogP contribution >= 0.6 is 0 Å². The van der Waals surface area contributed by atoms with Crippen LogP contribution in [0.25, 0.3) is 0 Å². The number of nitrogens with one attached hydrogen (secondary N) is 1. The molecule has 102 valence electrons. The lowest BCUT2D eigenvalue weighted by Gasteiger charge is -2.06. The SMILES string of the molecule is CCOC(=O)N/C(=N/[n+]1ccccc1)c1ccccc1. The number of carbonyl (C=O) groups excluding carboxylic acids is 1. The zero-order valence-electron chi connectivity index (χ0n) is 11.2. The van der Waals surface area contributed by atoms with E-state index in [1.165, 1.54) is 0 Å². The molecule has 1 N–H and O–H groups in total. The third-order valence-corrected chi connectivity index (χ3v) is 2.46. The third kappa shape index (κ3) is 3.91. The number of rotatable bonds is 3. The Hall–Kier alpha value is -2.69. The summed E-state index contributed by atoms with van der Waals surface area (Å²) in [5.74, 6) is 0.431. The maximum absolute atomic E-state index is 11.6. The normalized spacial score (nSPS) is 10.9. The van der Waals surface area contributed by atoms with E-state index in [1.54, 1.807) is 24.0 Å². The van der Waals surface area contributed by atoms with Gasteiger partial charge in [0.1, 0.15) is 0 Å². The molecule has 1 aromatic heterocycles. The molecule has 20 heavy (non-hydrogen) atoms. The van der Waals surface area contributed by atoms with Crippen LogP contribution in [0.3, 0.4) is 0 Å². The lowest BCUT2D eigenvalue weighted by atomic mass is 10.2. The van der Waals surface area contributed by atoms with Crippen LogP contribution in [0.1, 0.15) is 12.5 Å². The molecule has 5 heteroatoms. The molecule has 1 aromatic carbocycles. The van der Waals surface area contributed by atoms with Crippen molar-refractivity contribution >= 4 is 11.9 Å². The average molecular weight is 270 g/mol. The second-order valence-electron chi connectivity index (χ2n) is 3.92. The number of alkyl carbamates (subject to hydrolysis) is 1. The molecule has 0 aliphatic carbocycles. The Morgan fingerprint density at radius 3 is 2.45 bits per heavy atom. The van der Waals surface area contributed by atoms with E-state index < -0.39 is 6.09 Å². The van der Waals surface area contributed by atoms with Crippen LogP contribution < -0.4 is 9.99 Å². The molecule has 0 saturated heterocycles. The molecule has 5 nitrogen and oxygen atoms in total. The molecule has 0 saturated carbocycles. The number of hydrogen-bond donors (Lipinski definition) is 1. The second-order valence-corrected chi connectivity index (χ2v) is 3.92. The molecule has 0 atom stereocenters. The fraction of sp³-hybridized carbons (Fsp3) is 0.133. The number of amides is 1. The summed E-state index contributed by atoms with van der Waals surface area (Å²) in [5.41, 5.74) is 0.803. The highest BCUT2D eigenvalue weighted by Crippen LogP contribution is 1.99. The van der Waals surface area contributed by atoms with Crippen molar-refractivity contribution in [3.63, 3.8) is 0 Å². The van der Waals surface area contributed by atoms with Crippen molar-refractivity contribution in [1.29, 1.82) is 0 Å². The predicted octanol–water partition coefficient (Wildman–Crippen LogP) is 1.93. The Labute approximate surface area is 117 Å². The topological polar surface area (TPSA) is 54.6 Å². The van der Waals surface area contributed by atoms with Crippen LogP contribution in [-0.4, -0.2) is 18.5 Å². The lowest BCUT2D eigenvalue weighted by molar-refractivity contribution is -0.678. The van der Waals surface area contributed by atoms with Gasteiger partial charge in [-0.2, -0.15) is 0 Å². The lowest BCUT2D eigenvalue weighted by Crippen LogP contribution is -2.37. The van der Waals surface area contributed by atoms with Crippen molar-refractivity contribution in [3.05, 3.63) is 66.5 Å². The highest BCUT2D eigenvalue weighted by Gasteiger charge is 2.12. The zero-order valence-corrected chi connectivity index (χ0v) is 11.2. The summed E-state index contributed by atoms with van der Waals surface area (Å²) in [6.45, 7) is 2.07. The van der Waals surface area contributed by atoms with E-state index in [1.807, 2.05) is 48.5 Å². The molecular formula is C15H16N3O2+. The summed E-state index contributed by atoms with van der Waals surface area (Å²) < 4.78 is 6.51. The van der Waals surface area contributed by atoms with E-state index >= 15 is 0 Å². The fourth-order valence-electron chi connectivity index (χ4n) is 1.59. The first-order chi connectivity index (χ1) is 9.79. The Balaban J connectivity index is 2.29. The summed E-state index contributed by atoms with van der Waals surface area (Å²) in [4.78, 5) is 11.6. The molecule has 2 aromatic rings. The fourth-order valence-corrected chi connectivity index (χ4v) is 1.59. The van der Waals surface area contributed by atoms with Crippen molar-refractivity contribution in [2.24, 2.45) is 5.10 Å². The highest BCUT2D eigenvalue weighted by atomic mass is 16.5. The van der Waals surface area contributed by atoms with Crippen LogP contribution in [0, 0.1) is 0 Å². The summed E-state index contributed by atoms with van der Waals surface area (Å²) >= 11 is 0. The van der Waals surface area contributed by atoms with Gasteiger partial charge in [0.05, 0.1) is 6.61 Å². The summed E-state index contributed by atoms with van der Waals surface area (Å²) in [6, 6.07) is 15.0. The standard InChI is InChI=1S/C15H15N3O2/c1-2-20-15(19)16-14(13-9-5-3-6-10-13)17-18-11-7-4-8-12-18/h3-12H,2H2,1H3/p+1. The number of carbonyl (C=O) groups is 1. The third-order valence-electron chi connectivity index (χ3n) is 2.46. The van der Waals surface area contributed by atoms with Crippen LogP contribution in [0.15, 0.2) is 66.0 Å². The minimum absolute atomic E-state index is 0.312. The molecule has 0 bridgehead atoms. The van der Waals surface area contributed by atoms with Crippen molar-refractivity contribution in [3.8, 4) is 0 Å². The molecule has 1 amide bonds. The van der Waals surface area contributed by atoms with Gasteiger partial charge in [-0.05, 0) is 6.92 Å². The van der Waals surface area contributed by atoms with Gasteiger partial charge in [-0.1, -0.05) is 41.1 Å². The van der Waals surface area contributed by atoms with Crippen LogP contribution in [0.4, 0.5) is 4.79 Å². The summed E-state index contributed by atoms with van der Waals surface area (Å²) in [7, 11) is 0. The van der Waals surface area contributed by atoms with Gasteiger partial charge in [0, 0.05) is 22.8 Å². The van der Waals surface area contributed by atoms with Gasteiger partial charge in [0.15, 0.2) is 0 Å². The Morgan fingerprint density at radius 1 is 1.15 bits per heavy atom. The van der Waals surface area contributed by atoms with Crippen LogP contribution in [-0.2, 0) is 4.74 Å². The number of ether oxygens (including phenoxy) is 1. The van der Waals surface area contributed by atoms with Crippen LogP contribution in [0.5, 0.6) is 0 Å². The largest absolute Gasteiger partial charge is 0.450 e. The highest BCUT2D eigenvalue weighted by molar-refractivity contribution is 6.06. The Bertz CT molecular complexity index is 583. The quantitative estimate of drug-likeness (QED) is 0.526. The van der Waals surface area contributed by atoms with E-state index in [0.717, 1.165) is 5.56 Å². The molecule has 1 heterocycles. The van der Waals surface area contributed by atoms with Gasteiger partial charge in [0.25, 0.3) is 0 Å². The first-order valence-corrected chi connectivity index (χ1v) is 6.34. The number of aromatic nitrogens is 1. The zero-order chi connectivity index (χ0) is 14.2. The maximum atomic E-state index is 11.6. The molecule has 0 radical (unpaired) electrons. The Kier molecular flexibility index (Phi) is 4.83. The number of benzene rings is 1. The van der Waals surface area contributed by atoms with Gasteiger partial charge < -0.3 is 4.74 Å². The smallest absolute Gasteiger partial charge is 0.412 e. The first kappa shape index (κ1) is 13.7.